The number of methoxy groups -OCH3 is 1. The van der Waals surface area contributed by atoms with Crippen LogP contribution in [-0.2, 0) is 4.79 Å². The molecular weight excluding hydrogens is 422 g/mol. The summed E-state index contributed by atoms with van der Waals surface area (Å²) in [5.41, 5.74) is 0.243. The Morgan fingerprint density at radius 1 is 1.00 bits per heavy atom. The van der Waals surface area contributed by atoms with Crippen LogP contribution in [0.25, 0.3) is 0 Å². The topological polar surface area (TPSA) is 79.4 Å². The lowest BCUT2D eigenvalue weighted by atomic mass is 10.0. The van der Waals surface area contributed by atoms with Gasteiger partial charge in [0.2, 0.25) is 0 Å². The molecule has 174 valence electrons. The number of hydrogen-bond acceptors (Lipinski definition) is 6. The summed E-state index contributed by atoms with van der Waals surface area (Å²) in [5.74, 6) is 0.473. The van der Waals surface area contributed by atoms with E-state index >= 15 is 0 Å². The number of rotatable bonds is 5. The molecule has 0 bridgehead atoms. The molecule has 0 radical (unpaired) electrons. The smallest absolute Gasteiger partial charge is 0.271 e. The molecule has 0 unspecified atom stereocenters. The van der Waals surface area contributed by atoms with Gasteiger partial charge in [-0.2, -0.15) is 0 Å². The van der Waals surface area contributed by atoms with Crippen molar-refractivity contribution in [2.24, 2.45) is 0 Å². The Labute approximate surface area is 193 Å². The first-order valence-corrected chi connectivity index (χ1v) is 11.0. The first kappa shape index (κ1) is 22.8. The van der Waals surface area contributed by atoms with E-state index in [1.807, 2.05) is 11.9 Å². The summed E-state index contributed by atoms with van der Waals surface area (Å²) in [6.07, 6.45) is 0. The second-order valence-corrected chi connectivity index (χ2v) is 8.93. The van der Waals surface area contributed by atoms with Gasteiger partial charge in [-0.25, -0.2) is 0 Å². The molecule has 0 N–H and O–H groups in total. The SMILES string of the molecule is COc1ccc(C(=O)CN2C(=O)C(C)(C)Oc3ccc(C(=O)N4CCN(C)CC4)cc32)cc1. The van der Waals surface area contributed by atoms with E-state index in [9.17, 15) is 14.4 Å². The van der Waals surface area contributed by atoms with Crippen molar-refractivity contribution in [3.8, 4) is 11.5 Å². The molecule has 8 heteroatoms. The van der Waals surface area contributed by atoms with Crippen LogP contribution in [0.1, 0.15) is 34.6 Å². The maximum Gasteiger partial charge on any atom is 0.271 e. The summed E-state index contributed by atoms with van der Waals surface area (Å²) >= 11 is 0. The lowest BCUT2D eigenvalue weighted by Gasteiger charge is -2.39. The van der Waals surface area contributed by atoms with Crippen molar-refractivity contribution >= 4 is 23.3 Å². The van der Waals surface area contributed by atoms with E-state index in [1.54, 1.807) is 63.4 Å². The largest absolute Gasteiger partial charge is 0.497 e. The molecule has 2 aromatic carbocycles. The molecule has 0 aliphatic carbocycles. The molecule has 2 aromatic rings. The van der Waals surface area contributed by atoms with Crippen molar-refractivity contribution in [1.29, 1.82) is 0 Å². The molecule has 2 heterocycles. The zero-order valence-electron chi connectivity index (χ0n) is 19.5. The predicted molar refractivity (Wildman–Crippen MR) is 124 cm³/mol. The second-order valence-electron chi connectivity index (χ2n) is 8.93. The Balaban J connectivity index is 1.63. The number of anilines is 1. The molecule has 0 spiro atoms. The highest BCUT2D eigenvalue weighted by Gasteiger charge is 2.42. The van der Waals surface area contributed by atoms with Crippen LogP contribution in [0.3, 0.4) is 0 Å². The van der Waals surface area contributed by atoms with E-state index in [-0.39, 0.29) is 24.1 Å². The van der Waals surface area contributed by atoms with Gasteiger partial charge in [-0.3, -0.25) is 19.3 Å². The summed E-state index contributed by atoms with van der Waals surface area (Å²) in [5, 5.41) is 0. The van der Waals surface area contributed by atoms with Crippen LogP contribution in [0, 0.1) is 0 Å². The number of piperazine rings is 1. The minimum absolute atomic E-state index is 0.0930. The van der Waals surface area contributed by atoms with Crippen molar-refractivity contribution in [2.45, 2.75) is 19.4 Å². The number of nitrogens with zero attached hydrogens (tertiary/aromatic N) is 3. The zero-order chi connectivity index (χ0) is 23.8. The summed E-state index contributed by atoms with van der Waals surface area (Å²) in [4.78, 5) is 44.8. The van der Waals surface area contributed by atoms with Crippen molar-refractivity contribution < 1.29 is 23.9 Å². The van der Waals surface area contributed by atoms with Crippen LogP contribution in [-0.4, -0.2) is 79.9 Å². The molecule has 0 atom stereocenters. The molecule has 0 saturated carbocycles. The number of likely N-dealkylation sites (N-methyl/N-ethyl adjacent to an activating group) is 1. The highest BCUT2D eigenvalue weighted by molar-refractivity contribution is 6.10. The number of benzene rings is 2. The molecule has 8 nitrogen and oxygen atoms in total. The molecule has 1 saturated heterocycles. The van der Waals surface area contributed by atoms with Crippen molar-refractivity contribution in [1.82, 2.24) is 9.80 Å². The first-order chi connectivity index (χ1) is 15.7. The summed E-state index contributed by atoms with van der Waals surface area (Å²) in [6.45, 7) is 6.11. The van der Waals surface area contributed by atoms with Crippen molar-refractivity contribution in [3.63, 3.8) is 0 Å². The molecule has 33 heavy (non-hydrogen) atoms. The minimum atomic E-state index is -1.13. The van der Waals surface area contributed by atoms with Gasteiger partial charge in [0.25, 0.3) is 11.8 Å². The average molecular weight is 452 g/mol. The van der Waals surface area contributed by atoms with Crippen molar-refractivity contribution in [2.75, 3.05) is 51.8 Å². The number of carbonyl (C=O) groups is 3. The number of carbonyl (C=O) groups excluding carboxylic acids is 3. The Morgan fingerprint density at radius 2 is 1.64 bits per heavy atom. The van der Waals surface area contributed by atoms with E-state index in [0.717, 1.165) is 13.1 Å². The Hall–Kier alpha value is -3.39. The normalized spacial score (nSPS) is 17.9. The third-order valence-corrected chi connectivity index (χ3v) is 6.13. The monoisotopic (exact) mass is 451 g/mol. The number of Topliss-reactive ketones (excluding diaryl/α,β-unsaturated/α-hetero) is 1. The molecule has 4 rings (SSSR count). The summed E-state index contributed by atoms with van der Waals surface area (Å²) < 4.78 is 11.1. The number of ether oxygens (including phenoxy) is 2. The Kier molecular flexibility index (Phi) is 6.12. The van der Waals surface area contributed by atoms with Gasteiger partial charge < -0.3 is 19.3 Å². The van der Waals surface area contributed by atoms with Crippen LogP contribution >= 0.6 is 0 Å². The Morgan fingerprint density at radius 3 is 2.27 bits per heavy atom. The third-order valence-electron chi connectivity index (χ3n) is 6.13. The summed E-state index contributed by atoms with van der Waals surface area (Å²) in [7, 11) is 3.59. The van der Waals surface area contributed by atoms with Gasteiger partial charge >= 0.3 is 0 Å². The fourth-order valence-electron chi connectivity index (χ4n) is 4.06. The zero-order valence-corrected chi connectivity index (χ0v) is 19.5. The van der Waals surface area contributed by atoms with Gasteiger partial charge in [-0.1, -0.05) is 0 Å². The third kappa shape index (κ3) is 4.57. The quantitative estimate of drug-likeness (QED) is 0.650. The van der Waals surface area contributed by atoms with E-state index in [0.29, 0.717) is 41.4 Å². The lowest BCUT2D eigenvalue weighted by molar-refractivity contribution is -0.132. The van der Waals surface area contributed by atoms with Crippen LogP contribution in [0.2, 0.25) is 0 Å². The van der Waals surface area contributed by atoms with Crippen LogP contribution in [0.5, 0.6) is 11.5 Å². The standard InChI is InChI=1S/C25H29N3O5/c1-25(2)24(31)28(16-21(29)17-5-8-19(32-4)9-6-17)20-15-18(7-10-22(20)33-25)23(30)27-13-11-26(3)12-14-27/h5-10,15H,11-14,16H2,1-4H3. The highest BCUT2D eigenvalue weighted by Crippen LogP contribution is 2.38. The molecule has 2 aliphatic rings. The fraction of sp³-hybridized carbons (Fsp3) is 0.400. The minimum Gasteiger partial charge on any atom is -0.497 e. The van der Waals surface area contributed by atoms with E-state index < -0.39 is 5.60 Å². The van der Waals surface area contributed by atoms with Crippen LogP contribution in [0.4, 0.5) is 5.69 Å². The molecule has 2 amide bonds. The van der Waals surface area contributed by atoms with Crippen LogP contribution < -0.4 is 14.4 Å². The lowest BCUT2D eigenvalue weighted by Crippen LogP contribution is -2.54. The van der Waals surface area contributed by atoms with Gasteiger partial charge in [0.1, 0.15) is 11.5 Å². The number of ketones is 1. The van der Waals surface area contributed by atoms with Gasteiger partial charge in [0.05, 0.1) is 19.3 Å². The number of amides is 2. The molecule has 1 fully saturated rings. The van der Waals surface area contributed by atoms with E-state index in [1.165, 1.54) is 4.90 Å². The first-order valence-electron chi connectivity index (χ1n) is 11.0. The fourth-order valence-corrected chi connectivity index (χ4v) is 4.06. The maximum atomic E-state index is 13.2. The maximum absolute atomic E-state index is 13.2. The van der Waals surface area contributed by atoms with Crippen molar-refractivity contribution in [3.05, 3.63) is 53.6 Å². The predicted octanol–water partition coefficient (Wildman–Crippen LogP) is 2.47. The Bertz CT molecular complexity index is 1070. The highest BCUT2D eigenvalue weighted by atomic mass is 16.5. The molecule has 2 aliphatic heterocycles. The van der Waals surface area contributed by atoms with Gasteiger partial charge in [-0.15, -0.1) is 0 Å². The number of hydrogen-bond donors (Lipinski definition) is 0. The average Bonchev–Trinajstić information content (AvgIpc) is 2.81. The van der Waals surface area contributed by atoms with Gasteiger partial charge in [0, 0.05) is 37.3 Å². The molecular formula is C25H29N3O5. The van der Waals surface area contributed by atoms with Gasteiger partial charge in [-0.05, 0) is 63.4 Å². The number of fused-ring (bicyclic) bond motifs is 1. The van der Waals surface area contributed by atoms with Gasteiger partial charge in [0.15, 0.2) is 11.4 Å². The summed E-state index contributed by atoms with van der Waals surface area (Å²) in [6, 6.07) is 11.8. The van der Waals surface area contributed by atoms with E-state index in [4.69, 9.17) is 9.47 Å². The van der Waals surface area contributed by atoms with Crippen LogP contribution in [0.15, 0.2) is 42.5 Å². The molecule has 0 aromatic heterocycles. The van der Waals surface area contributed by atoms with E-state index in [2.05, 4.69) is 4.90 Å². The second kappa shape index (κ2) is 8.86.